The lowest BCUT2D eigenvalue weighted by Crippen LogP contribution is -2.49. The molecule has 1 aliphatic carbocycles. The SMILES string of the molecule is Cc1ccc(C#N)cc1S(=O)(=O)NC1(CO)CCCC1. The number of benzene rings is 1. The lowest BCUT2D eigenvalue weighted by Gasteiger charge is -2.27. The Kier molecular flexibility index (Phi) is 4.14. The van der Waals surface area contributed by atoms with Gasteiger partial charge in [-0.15, -0.1) is 0 Å². The molecule has 108 valence electrons. The van der Waals surface area contributed by atoms with Crippen molar-refractivity contribution in [2.75, 3.05) is 6.61 Å². The molecule has 0 aromatic heterocycles. The molecule has 0 spiro atoms. The number of sulfonamides is 1. The third-order valence-corrected chi connectivity index (χ3v) is 5.54. The van der Waals surface area contributed by atoms with E-state index in [4.69, 9.17) is 5.26 Å². The summed E-state index contributed by atoms with van der Waals surface area (Å²) in [5.41, 5.74) is 0.136. The van der Waals surface area contributed by atoms with E-state index in [1.54, 1.807) is 19.1 Å². The van der Waals surface area contributed by atoms with Crippen molar-refractivity contribution in [1.82, 2.24) is 4.72 Å². The summed E-state index contributed by atoms with van der Waals surface area (Å²) >= 11 is 0. The van der Waals surface area contributed by atoms with E-state index in [-0.39, 0.29) is 11.5 Å². The van der Waals surface area contributed by atoms with E-state index >= 15 is 0 Å². The van der Waals surface area contributed by atoms with Crippen molar-refractivity contribution in [3.63, 3.8) is 0 Å². The molecule has 0 radical (unpaired) electrons. The Bertz CT molecular complexity index is 641. The fraction of sp³-hybridized carbons (Fsp3) is 0.500. The van der Waals surface area contributed by atoms with E-state index in [1.165, 1.54) is 6.07 Å². The van der Waals surface area contributed by atoms with Crippen LogP contribution >= 0.6 is 0 Å². The van der Waals surface area contributed by atoms with Gasteiger partial charge in [-0.05, 0) is 37.5 Å². The summed E-state index contributed by atoms with van der Waals surface area (Å²) in [6.45, 7) is 1.49. The van der Waals surface area contributed by atoms with Crippen molar-refractivity contribution in [3.8, 4) is 6.07 Å². The first kappa shape index (κ1) is 15.0. The van der Waals surface area contributed by atoms with Gasteiger partial charge < -0.3 is 5.11 Å². The van der Waals surface area contributed by atoms with Gasteiger partial charge in [-0.3, -0.25) is 0 Å². The largest absolute Gasteiger partial charge is 0.394 e. The summed E-state index contributed by atoms with van der Waals surface area (Å²) < 4.78 is 27.7. The van der Waals surface area contributed by atoms with Gasteiger partial charge in [0.05, 0.1) is 28.7 Å². The molecule has 2 N–H and O–H groups in total. The summed E-state index contributed by atoms with van der Waals surface area (Å²) in [6, 6.07) is 6.52. The molecule has 5 nitrogen and oxygen atoms in total. The van der Waals surface area contributed by atoms with Crippen molar-refractivity contribution in [3.05, 3.63) is 29.3 Å². The number of rotatable bonds is 4. The summed E-state index contributed by atoms with van der Waals surface area (Å²) in [5, 5.41) is 18.4. The fourth-order valence-corrected chi connectivity index (χ4v) is 4.37. The summed E-state index contributed by atoms with van der Waals surface area (Å²) in [4.78, 5) is 0.108. The number of hydrogen-bond acceptors (Lipinski definition) is 4. The van der Waals surface area contributed by atoms with Gasteiger partial charge in [-0.2, -0.15) is 5.26 Å². The highest BCUT2D eigenvalue weighted by molar-refractivity contribution is 7.89. The van der Waals surface area contributed by atoms with Gasteiger partial charge in [0.2, 0.25) is 10.0 Å². The minimum Gasteiger partial charge on any atom is -0.394 e. The van der Waals surface area contributed by atoms with Crippen LogP contribution in [-0.2, 0) is 10.0 Å². The molecule has 0 aliphatic heterocycles. The smallest absolute Gasteiger partial charge is 0.241 e. The normalized spacial score (nSPS) is 17.9. The van der Waals surface area contributed by atoms with E-state index in [2.05, 4.69) is 4.72 Å². The predicted molar refractivity (Wildman–Crippen MR) is 74.5 cm³/mol. The Hall–Kier alpha value is -1.42. The van der Waals surface area contributed by atoms with Crippen LogP contribution < -0.4 is 4.72 Å². The van der Waals surface area contributed by atoms with E-state index in [9.17, 15) is 13.5 Å². The van der Waals surface area contributed by atoms with Gasteiger partial charge in [-0.25, -0.2) is 13.1 Å². The van der Waals surface area contributed by atoms with Crippen molar-refractivity contribution >= 4 is 10.0 Å². The van der Waals surface area contributed by atoms with Crippen LogP contribution in [0.3, 0.4) is 0 Å². The molecular formula is C14H18N2O3S. The first-order chi connectivity index (χ1) is 9.42. The van der Waals surface area contributed by atoms with Crippen LogP contribution in [0.15, 0.2) is 23.1 Å². The van der Waals surface area contributed by atoms with Crippen molar-refractivity contribution in [2.24, 2.45) is 0 Å². The van der Waals surface area contributed by atoms with Crippen molar-refractivity contribution in [1.29, 1.82) is 5.26 Å². The van der Waals surface area contributed by atoms with Gasteiger partial charge in [-0.1, -0.05) is 18.9 Å². The van der Waals surface area contributed by atoms with E-state index in [0.29, 0.717) is 24.0 Å². The number of aliphatic hydroxyl groups is 1. The third-order valence-electron chi connectivity index (χ3n) is 3.82. The highest BCUT2D eigenvalue weighted by Gasteiger charge is 2.37. The Morgan fingerprint density at radius 1 is 1.40 bits per heavy atom. The zero-order valence-corrected chi connectivity index (χ0v) is 12.2. The average Bonchev–Trinajstić information content (AvgIpc) is 2.87. The van der Waals surface area contributed by atoms with Crippen LogP contribution in [0.5, 0.6) is 0 Å². The fourth-order valence-electron chi connectivity index (χ4n) is 2.64. The van der Waals surface area contributed by atoms with Gasteiger partial charge >= 0.3 is 0 Å². The number of nitriles is 1. The minimum atomic E-state index is -3.74. The lowest BCUT2D eigenvalue weighted by molar-refractivity contribution is 0.185. The topological polar surface area (TPSA) is 90.2 Å². The molecule has 0 amide bonds. The van der Waals surface area contributed by atoms with Gasteiger partial charge in [0.1, 0.15) is 0 Å². The third kappa shape index (κ3) is 2.85. The number of nitrogens with one attached hydrogen (secondary N) is 1. The van der Waals surface area contributed by atoms with Crippen LogP contribution in [0.1, 0.15) is 36.8 Å². The molecule has 0 atom stereocenters. The lowest BCUT2D eigenvalue weighted by atomic mass is 10.0. The molecule has 1 aromatic rings. The standard InChI is InChI=1S/C14H18N2O3S/c1-11-4-5-12(9-15)8-13(11)20(18,19)16-14(10-17)6-2-3-7-14/h4-5,8,16-17H,2-3,6-7,10H2,1H3. The average molecular weight is 294 g/mol. The summed E-state index contributed by atoms with van der Waals surface area (Å²) in [5.74, 6) is 0. The molecule has 20 heavy (non-hydrogen) atoms. The van der Waals surface area contributed by atoms with Crippen LogP contribution in [0.2, 0.25) is 0 Å². The number of hydrogen-bond donors (Lipinski definition) is 2. The number of aliphatic hydroxyl groups excluding tert-OH is 1. The molecule has 2 rings (SSSR count). The van der Waals surface area contributed by atoms with Gasteiger partial charge in [0.25, 0.3) is 0 Å². The number of aryl methyl sites for hydroxylation is 1. The molecule has 1 aromatic carbocycles. The van der Waals surface area contributed by atoms with E-state index < -0.39 is 15.6 Å². The second kappa shape index (κ2) is 5.52. The Morgan fingerprint density at radius 3 is 2.60 bits per heavy atom. The van der Waals surface area contributed by atoms with E-state index in [1.807, 2.05) is 6.07 Å². The van der Waals surface area contributed by atoms with Crippen LogP contribution in [0.25, 0.3) is 0 Å². The molecule has 1 saturated carbocycles. The second-order valence-corrected chi connectivity index (χ2v) is 6.99. The molecule has 1 aliphatic rings. The second-order valence-electron chi connectivity index (χ2n) is 5.34. The highest BCUT2D eigenvalue weighted by atomic mass is 32.2. The highest BCUT2D eigenvalue weighted by Crippen LogP contribution is 2.31. The molecule has 0 saturated heterocycles. The molecule has 6 heteroatoms. The maximum absolute atomic E-state index is 12.5. The Labute approximate surface area is 119 Å². The van der Waals surface area contributed by atoms with Crippen LogP contribution in [-0.4, -0.2) is 25.7 Å². The van der Waals surface area contributed by atoms with E-state index in [0.717, 1.165) is 12.8 Å². The van der Waals surface area contributed by atoms with Crippen molar-refractivity contribution < 1.29 is 13.5 Å². The van der Waals surface area contributed by atoms with Gasteiger partial charge in [0, 0.05) is 0 Å². The monoisotopic (exact) mass is 294 g/mol. The molecule has 1 fully saturated rings. The summed E-state index contributed by atoms with van der Waals surface area (Å²) in [7, 11) is -3.74. The molecular weight excluding hydrogens is 276 g/mol. The molecule has 0 heterocycles. The van der Waals surface area contributed by atoms with Gasteiger partial charge in [0.15, 0.2) is 0 Å². The summed E-state index contributed by atoms with van der Waals surface area (Å²) in [6.07, 6.45) is 3.08. The predicted octanol–water partition coefficient (Wildman–Crippen LogP) is 1.45. The minimum absolute atomic E-state index is 0.108. The Balaban J connectivity index is 2.38. The van der Waals surface area contributed by atoms with Crippen molar-refractivity contribution in [2.45, 2.75) is 43.0 Å². The Morgan fingerprint density at radius 2 is 2.05 bits per heavy atom. The maximum atomic E-state index is 12.5. The quantitative estimate of drug-likeness (QED) is 0.879. The molecule has 0 unspecified atom stereocenters. The van der Waals surface area contributed by atoms with Crippen LogP contribution in [0, 0.1) is 18.3 Å². The van der Waals surface area contributed by atoms with Crippen LogP contribution in [0.4, 0.5) is 0 Å². The maximum Gasteiger partial charge on any atom is 0.241 e. The zero-order chi connectivity index (χ0) is 14.8. The molecule has 0 bridgehead atoms. The first-order valence-corrected chi connectivity index (χ1v) is 8.06. The zero-order valence-electron chi connectivity index (χ0n) is 11.4. The first-order valence-electron chi connectivity index (χ1n) is 6.58. The number of nitrogens with zero attached hydrogens (tertiary/aromatic N) is 1.